The van der Waals surface area contributed by atoms with Crippen molar-refractivity contribution >= 4 is 39.1 Å². The van der Waals surface area contributed by atoms with Crippen LogP contribution in [0.25, 0.3) is 0 Å². The third-order valence-corrected chi connectivity index (χ3v) is 8.56. The Morgan fingerprint density at radius 1 is 0.949 bits per heavy atom. The number of carbonyl (C=O) groups is 2. The monoisotopic (exact) mass is 569 g/mol. The number of hydrogen-bond donors (Lipinski definition) is 1. The van der Waals surface area contributed by atoms with E-state index in [2.05, 4.69) is 5.32 Å². The van der Waals surface area contributed by atoms with Gasteiger partial charge in [0.2, 0.25) is 11.8 Å². The van der Waals surface area contributed by atoms with Gasteiger partial charge in [-0.2, -0.15) is 0 Å². The molecule has 39 heavy (non-hydrogen) atoms. The number of hydrogen-bond acceptors (Lipinski definition) is 4. The third kappa shape index (κ3) is 7.83. The molecule has 3 aromatic carbocycles. The fourth-order valence-electron chi connectivity index (χ4n) is 4.27. The SMILES string of the molecule is CCCCNC(=O)C(C)N(Cc1ccccc1Cl)C(=O)CN(c1cc(C)cc(C)c1)S(=O)(=O)c1ccccc1. The van der Waals surface area contributed by atoms with Crippen LogP contribution in [-0.4, -0.2) is 44.3 Å². The molecule has 208 valence electrons. The lowest BCUT2D eigenvalue weighted by atomic mass is 10.1. The smallest absolute Gasteiger partial charge is 0.264 e. The number of anilines is 1. The fourth-order valence-corrected chi connectivity index (χ4v) is 5.89. The molecule has 1 unspecified atom stereocenters. The molecule has 9 heteroatoms. The zero-order valence-corrected chi connectivity index (χ0v) is 24.4. The largest absolute Gasteiger partial charge is 0.354 e. The van der Waals surface area contributed by atoms with E-state index in [0.717, 1.165) is 28.3 Å². The molecule has 3 aromatic rings. The van der Waals surface area contributed by atoms with Crippen LogP contribution in [0.4, 0.5) is 5.69 Å². The van der Waals surface area contributed by atoms with Gasteiger partial charge < -0.3 is 10.2 Å². The van der Waals surface area contributed by atoms with Crippen molar-refractivity contribution in [3.8, 4) is 0 Å². The maximum absolute atomic E-state index is 14.0. The minimum atomic E-state index is -4.10. The van der Waals surface area contributed by atoms with Gasteiger partial charge in [-0.25, -0.2) is 8.42 Å². The lowest BCUT2D eigenvalue weighted by Crippen LogP contribution is -2.51. The number of unbranched alkanes of at least 4 members (excludes halogenated alkanes) is 1. The van der Waals surface area contributed by atoms with Gasteiger partial charge in [0.1, 0.15) is 12.6 Å². The Morgan fingerprint density at radius 3 is 2.18 bits per heavy atom. The highest BCUT2D eigenvalue weighted by Gasteiger charge is 2.32. The molecule has 1 atom stereocenters. The molecule has 0 saturated carbocycles. The summed E-state index contributed by atoms with van der Waals surface area (Å²) in [5.74, 6) is -0.834. The van der Waals surface area contributed by atoms with Crippen LogP contribution in [0.1, 0.15) is 43.4 Å². The Bertz CT molecular complexity index is 1380. The van der Waals surface area contributed by atoms with Crippen LogP contribution >= 0.6 is 11.6 Å². The normalized spacial score (nSPS) is 12.0. The highest BCUT2D eigenvalue weighted by molar-refractivity contribution is 7.92. The number of amides is 2. The molecule has 1 N–H and O–H groups in total. The standard InChI is InChI=1S/C30H36ClN3O4S/c1-5-6-16-32-30(36)24(4)33(20-25-12-10-11-15-28(25)31)29(35)21-34(26-18-22(2)17-23(3)19-26)39(37,38)27-13-8-7-9-14-27/h7-15,17-19,24H,5-6,16,20-21H2,1-4H3,(H,32,36). The number of rotatable bonds is 12. The summed E-state index contributed by atoms with van der Waals surface area (Å²) in [7, 11) is -4.10. The maximum atomic E-state index is 14.0. The highest BCUT2D eigenvalue weighted by atomic mass is 35.5. The number of sulfonamides is 1. The predicted molar refractivity (Wildman–Crippen MR) is 156 cm³/mol. The molecular weight excluding hydrogens is 534 g/mol. The first-order valence-electron chi connectivity index (χ1n) is 13.0. The van der Waals surface area contributed by atoms with Crippen LogP contribution in [0.3, 0.4) is 0 Å². The number of aryl methyl sites for hydroxylation is 2. The Hall–Kier alpha value is -3.36. The first kappa shape index (κ1) is 30.2. The Labute approximate surface area is 236 Å². The average Bonchev–Trinajstić information content (AvgIpc) is 2.90. The summed E-state index contributed by atoms with van der Waals surface area (Å²) in [6.45, 7) is 7.46. The molecular formula is C30H36ClN3O4S. The molecule has 0 aliphatic carbocycles. The Balaban J connectivity index is 2.03. The Kier molecular flexibility index (Phi) is 10.5. The predicted octanol–water partition coefficient (Wildman–Crippen LogP) is 5.49. The molecule has 7 nitrogen and oxygen atoms in total. The molecule has 0 fully saturated rings. The van der Waals surface area contributed by atoms with Gasteiger partial charge in [-0.05, 0) is 74.2 Å². The molecule has 0 saturated heterocycles. The fraction of sp³-hybridized carbons (Fsp3) is 0.333. The lowest BCUT2D eigenvalue weighted by Gasteiger charge is -2.32. The molecule has 0 aliphatic heterocycles. The van der Waals surface area contributed by atoms with E-state index in [1.807, 2.05) is 26.8 Å². The van der Waals surface area contributed by atoms with Gasteiger partial charge in [-0.3, -0.25) is 13.9 Å². The summed E-state index contributed by atoms with van der Waals surface area (Å²) in [4.78, 5) is 28.5. The van der Waals surface area contributed by atoms with Crippen molar-refractivity contribution in [1.29, 1.82) is 0 Å². The average molecular weight is 570 g/mol. The summed E-state index contributed by atoms with van der Waals surface area (Å²) < 4.78 is 28.8. The van der Waals surface area contributed by atoms with Gasteiger partial charge >= 0.3 is 0 Å². The highest BCUT2D eigenvalue weighted by Crippen LogP contribution is 2.27. The van der Waals surface area contributed by atoms with Crippen molar-refractivity contribution in [2.45, 2.75) is 58.0 Å². The van der Waals surface area contributed by atoms with Crippen molar-refractivity contribution in [3.05, 3.63) is 94.5 Å². The lowest BCUT2D eigenvalue weighted by molar-refractivity contribution is -0.139. The van der Waals surface area contributed by atoms with E-state index in [9.17, 15) is 18.0 Å². The first-order valence-corrected chi connectivity index (χ1v) is 14.8. The minimum Gasteiger partial charge on any atom is -0.354 e. The molecule has 0 heterocycles. The number of nitrogens with zero attached hydrogens (tertiary/aromatic N) is 2. The molecule has 0 aromatic heterocycles. The van der Waals surface area contributed by atoms with Gasteiger partial charge in [-0.1, -0.05) is 67.4 Å². The number of nitrogens with one attached hydrogen (secondary N) is 1. The van der Waals surface area contributed by atoms with E-state index in [1.165, 1.54) is 17.0 Å². The molecule has 0 spiro atoms. The van der Waals surface area contributed by atoms with Crippen molar-refractivity contribution < 1.29 is 18.0 Å². The summed E-state index contributed by atoms with van der Waals surface area (Å²) >= 11 is 6.40. The maximum Gasteiger partial charge on any atom is 0.264 e. The topological polar surface area (TPSA) is 86.8 Å². The minimum absolute atomic E-state index is 0.0486. The van der Waals surface area contributed by atoms with Crippen molar-refractivity contribution in [3.63, 3.8) is 0 Å². The molecule has 0 aliphatic rings. The van der Waals surface area contributed by atoms with E-state index >= 15 is 0 Å². The van der Waals surface area contributed by atoms with Gasteiger partial charge in [0.15, 0.2) is 0 Å². The van der Waals surface area contributed by atoms with Crippen molar-refractivity contribution in [2.75, 3.05) is 17.4 Å². The molecule has 3 rings (SSSR count). The van der Waals surface area contributed by atoms with Crippen LogP contribution in [0, 0.1) is 13.8 Å². The van der Waals surface area contributed by atoms with E-state index < -0.39 is 28.5 Å². The quantitative estimate of drug-likeness (QED) is 0.292. The summed E-state index contributed by atoms with van der Waals surface area (Å²) in [5.41, 5.74) is 2.76. The van der Waals surface area contributed by atoms with E-state index in [4.69, 9.17) is 11.6 Å². The molecule has 0 bridgehead atoms. The molecule has 2 amide bonds. The van der Waals surface area contributed by atoms with Crippen LogP contribution in [-0.2, 0) is 26.2 Å². The van der Waals surface area contributed by atoms with Crippen LogP contribution in [0.2, 0.25) is 5.02 Å². The summed E-state index contributed by atoms with van der Waals surface area (Å²) in [5, 5.41) is 3.33. The third-order valence-electron chi connectivity index (χ3n) is 6.40. The summed E-state index contributed by atoms with van der Waals surface area (Å²) in [6, 6.07) is 19.7. The van der Waals surface area contributed by atoms with Crippen LogP contribution in [0.5, 0.6) is 0 Å². The van der Waals surface area contributed by atoms with Crippen molar-refractivity contribution in [2.24, 2.45) is 0 Å². The van der Waals surface area contributed by atoms with Crippen LogP contribution < -0.4 is 9.62 Å². The first-order chi connectivity index (χ1) is 18.5. The second kappa shape index (κ2) is 13.6. The van der Waals surface area contributed by atoms with Gasteiger partial charge in [0, 0.05) is 18.1 Å². The van der Waals surface area contributed by atoms with Gasteiger partial charge in [0.05, 0.1) is 10.6 Å². The van der Waals surface area contributed by atoms with E-state index in [1.54, 1.807) is 61.5 Å². The second-order valence-corrected chi connectivity index (χ2v) is 11.9. The Morgan fingerprint density at radius 2 is 1.56 bits per heavy atom. The van der Waals surface area contributed by atoms with Crippen LogP contribution in [0.15, 0.2) is 77.7 Å². The molecule has 0 radical (unpaired) electrons. The van der Waals surface area contributed by atoms with Crippen molar-refractivity contribution in [1.82, 2.24) is 10.2 Å². The van der Waals surface area contributed by atoms with Gasteiger partial charge in [-0.15, -0.1) is 0 Å². The van der Waals surface area contributed by atoms with E-state index in [-0.39, 0.29) is 17.3 Å². The zero-order valence-electron chi connectivity index (χ0n) is 22.9. The number of halogens is 1. The number of carbonyl (C=O) groups excluding carboxylic acids is 2. The van der Waals surface area contributed by atoms with E-state index in [0.29, 0.717) is 22.8 Å². The zero-order chi connectivity index (χ0) is 28.6. The van der Waals surface area contributed by atoms with Gasteiger partial charge in [0.25, 0.3) is 10.0 Å². The number of benzene rings is 3. The summed E-state index contributed by atoms with van der Waals surface area (Å²) in [6.07, 6.45) is 1.73. The second-order valence-electron chi connectivity index (χ2n) is 9.60.